The molecule has 0 spiro atoms. The van der Waals surface area contributed by atoms with E-state index < -0.39 is 42.0 Å². The minimum Gasteiger partial charge on any atom is -0.506 e. The molecule has 0 aliphatic rings. The predicted octanol–water partition coefficient (Wildman–Crippen LogP) is 23.7. The highest BCUT2D eigenvalue weighted by Crippen LogP contribution is 2.43. The van der Waals surface area contributed by atoms with Gasteiger partial charge in [-0.25, -0.2) is 17.6 Å². The van der Waals surface area contributed by atoms with Crippen LogP contribution < -0.4 is 0 Å². The maximum absolute atomic E-state index is 14.1. The summed E-state index contributed by atoms with van der Waals surface area (Å²) in [5.41, 5.74) is 2.36. The van der Waals surface area contributed by atoms with Gasteiger partial charge in [0.2, 0.25) is 0 Å². The van der Waals surface area contributed by atoms with Crippen molar-refractivity contribution in [1.29, 1.82) is 0 Å². The molecule has 0 amide bonds. The second-order valence-corrected chi connectivity index (χ2v) is 26.7. The number of phenols is 4. The molecule has 4 heterocycles. The molecule has 0 fully saturated rings. The number of hydrogen-bond donors (Lipinski definition) is 4. The number of fused-ring (bicyclic) bond motifs is 4. The quantitative estimate of drug-likeness (QED) is 0.0667. The minimum absolute atomic E-state index is 0.00214. The summed E-state index contributed by atoms with van der Waals surface area (Å²) in [6.45, 7) is 5.11. The van der Waals surface area contributed by atoms with Crippen molar-refractivity contribution >= 4 is 194 Å². The van der Waals surface area contributed by atoms with Gasteiger partial charge in [0, 0.05) is 43.8 Å². The SMILES string of the molecule is CC(F)c1oc2ccccc2c1C(=O)c1cc(Br)c(O)c(Br)c1.[2H]c1cc([2H])c2c(C(=O)c3cc(Br)c(O)c(Br)c3)c(C(C)F)oc2c1.[2H]c1cc2oc(C(C)F)c(C(=O)c3cc(Br)c(O)c(Br)c3)c2cc1[2H].[2H]c1ccc2c(C(=O)c3cc(Br)c(O)c(Br)c3)c(C(C)F)oc2c1. The van der Waals surface area contributed by atoms with E-state index in [1.54, 1.807) is 30.3 Å². The van der Waals surface area contributed by atoms with Gasteiger partial charge in [0.1, 0.15) is 68.4 Å². The number of alkyl halides is 4. The van der Waals surface area contributed by atoms with Crippen molar-refractivity contribution in [3.63, 3.8) is 0 Å². The first-order chi connectivity index (χ1) is 45.6. The van der Waals surface area contributed by atoms with E-state index in [9.17, 15) is 57.2 Å². The summed E-state index contributed by atoms with van der Waals surface area (Å²) in [7, 11) is 0. The number of halogens is 12. The van der Waals surface area contributed by atoms with Crippen molar-refractivity contribution in [3.05, 3.63) is 249 Å². The topological polar surface area (TPSA) is 202 Å². The fourth-order valence-corrected chi connectivity index (χ4v) is 14.1. The van der Waals surface area contributed by atoms with E-state index >= 15 is 0 Å². The second kappa shape index (κ2) is 29.3. The van der Waals surface area contributed by atoms with E-state index in [2.05, 4.69) is 127 Å². The van der Waals surface area contributed by atoms with Crippen LogP contribution in [0, 0.1) is 0 Å². The van der Waals surface area contributed by atoms with Crippen molar-refractivity contribution in [2.45, 2.75) is 52.4 Å². The molecule has 0 bridgehead atoms. The molecule has 4 aromatic heterocycles. The monoisotopic (exact) mass is 1760 g/mol. The Hall–Kier alpha value is -6.64. The Kier molecular flexibility index (Phi) is 20.0. The summed E-state index contributed by atoms with van der Waals surface area (Å²) >= 11 is 25.4. The molecule has 0 saturated heterocycles. The Morgan fingerprint density at radius 3 is 0.913 bits per heavy atom. The van der Waals surface area contributed by atoms with E-state index in [1.807, 2.05) is 0 Å². The number of furan rings is 4. The van der Waals surface area contributed by atoms with Crippen LogP contribution in [0.25, 0.3) is 43.9 Å². The van der Waals surface area contributed by atoms with Gasteiger partial charge in [-0.3, -0.25) is 19.2 Å². The zero-order valence-corrected chi connectivity index (χ0v) is 60.1. The fraction of sp³-hybridized carbons (Fsp3) is 0.118. The smallest absolute Gasteiger partial charge is 0.197 e. The van der Waals surface area contributed by atoms with E-state index in [0.717, 1.165) is 0 Å². The molecule has 8 aromatic carbocycles. The summed E-state index contributed by atoms with van der Waals surface area (Å²) in [4.78, 5) is 51.9. The molecule has 4 atom stereocenters. The lowest BCUT2D eigenvalue weighted by atomic mass is 9.99. The van der Waals surface area contributed by atoms with Gasteiger partial charge in [0.25, 0.3) is 0 Å². The summed E-state index contributed by atoms with van der Waals surface area (Å²) < 4.78 is 119. The van der Waals surface area contributed by atoms with Crippen LogP contribution in [-0.2, 0) is 0 Å². The van der Waals surface area contributed by atoms with Crippen molar-refractivity contribution in [2.75, 3.05) is 0 Å². The molecular weight excluding hydrogens is 1720 g/mol. The zero-order valence-electron chi connectivity index (χ0n) is 52.4. The molecule has 0 aliphatic heterocycles. The van der Waals surface area contributed by atoms with Crippen LogP contribution in [0.15, 0.2) is 199 Å². The molecule has 4 unspecified atom stereocenters. The number of phenolic OH excluding ortho intramolecular Hbond substituents is 4. The molecular formula is C68H44Br8F4O12. The van der Waals surface area contributed by atoms with Crippen LogP contribution in [-0.4, -0.2) is 43.6 Å². The number of carbonyl (C=O) groups excluding carboxylic acids is 4. The third-order valence-electron chi connectivity index (χ3n) is 13.6. The average Bonchev–Trinajstić information content (AvgIpc) is 1.64. The van der Waals surface area contributed by atoms with Crippen molar-refractivity contribution < 1.29 is 81.7 Å². The van der Waals surface area contributed by atoms with Crippen LogP contribution in [0.1, 0.15) is 146 Å². The molecule has 92 heavy (non-hydrogen) atoms. The third-order valence-corrected chi connectivity index (χ3v) is 18.5. The second-order valence-electron chi connectivity index (χ2n) is 19.9. The summed E-state index contributed by atoms with van der Waals surface area (Å²) in [5, 5.41) is 40.6. The fourth-order valence-electron chi connectivity index (χ4n) is 9.38. The van der Waals surface area contributed by atoms with Crippen LogP contribution >= 0.6 is 127 Å². The molecule has 0 radical (unpaired) electrons. The molecule has 472 valence electrons. The lowest BCUT2D eigenvalue weighted by molar-refractivity contribution is 0.102. The van der Waals surface area contributed by atoms with Gasteiger partial charge < -0.3 is 38.1 Å². The lowest BCUT2D eigenvalue weighted by Gasteiger charge is -2.07. The normalized spacial score (nSPS) is 13.3. The Balaban J connectivity index is 0.000000152. The lowest BCUT2D eigenvalue weighted by Crippen LogP contribution is -2.04. The number of carbonyl (C=O) groups is 4. The van der Waals surface area contributed by atoms with Crippen molar-refractivity contribution in [2.24, 2.45) is 0 Å². The van der Waals surface area contributed by atoms with Gasteiger partial charge in [-0.2, -0.15) is 0 Å². The molecule has 12 rings (SSSR count). The zero-order chi connectivity index (χ0) is 71.2. The highest BCUT2D eigenvalue weighted by atomic mass is 79.9. The van der Waals surface area contributed by atoms with Crippen LogP contribution in [0.5, 0.6) is 23.0 Å². The third kappa shape index (κ3) is 14.5. The minimum atomic E-state index is -1.57. The van der Waals surface area contributed by atoms with Gasteiger partial charge in [-0.05, 0) is 228 Å². The highest BCUT2D eigenvalue weighted by molar-refractivity contribution is 9.12. The van der Waals surface area contributed by atoms with Crippen molar-refractivity contribution in [1.82, 2.24) is 0 Å². The Labute approximate surface area is 595 Å². The Morgan fingerprint density at radius 2 is 0.587 bits per heavy atom. The summed E-state index contributed by atoms with van der Waals surface area (Å²) in [6, 6.07) is 28.3. The summed E-state index contributed by atoms with van der Waals surface area (Å²) in [6.07, 6.45) is -6.00. The maximum Gasteiger partial charge on any atom is 0.197 e. The predicted molar refractivity (Wildman–Crippen MR) is 371 cm³/mol. The maximum atomic E-state index is 14.1. The van der Waals surface area contributed by atoms with Crippen molar-refractivity contribution in [3.8, 4) is 23.0 Å². The van der Waals surface area contributed by atoms with Gasteiger partial charge >= 0.3 is 0 Å². The number of para-hydroxylation sites is 4. The van der Waals surface area contributed by atoms with Gasteiger partial charge in [0.15, 0.2) is 47.8 Å². The van der Waals surface area contributed by atoms with Crippen LogP contribution in [0.4, 0.5) is 17.6 Å². The molecule has 4 N–H and O–H groups in total. The molecule has 12 aromatic rings. The molecule has 0 aliphatic carbocycles. The summed E-state index contributed by atoms with van der Waals surface area (Å²) in [5.74, 6) is -2.36. The van der Waals surface area contributed by atoms with Gasteiger partial charge in [-0.15, -0.1) is 0 Å². The van der Waals surface area contributed by atoms with E-state index in [0.29, 0.717) is 63.3 Å². The van der Waals surface area contributed by atoms with E-state index in [1.165, 1.54) is 113 Å². The van der Waals surface area contributed by atoms with Gasteiger partial charge in [-0.1, -0.05) is 72.7 Å². The van der Waals surface area contributed by atoms with E-state index in [-0.39, 0.29) is 143 Å². The first-order valence-electron chi connectivity index (χ1n) is 29.2. The van der Waals surface area contributed by atoms with E-state index in [4.69, 9.17) is 24.5 Å². The average molecular weight is 1770 g/mol. The number of rotatable bonds is 12. The van der Waals surface area contributed by atoms with Crippen LogP contribution in [0.3, 0.4) is 0 Å². The largest absolute Gasteiger partial charge is 0.506 e. The molecule has 12 nitrogen and oxygen atoms in total. The number of benzene rings is 8. The van der Waals surface area contributed by atoms with Gasteiger partial charge in [0.05, 0.1) is 64.9 Å². The standard InChI is InChI=1S/4C17H11Br2FO3/c4*1-8(20)17-14(10-4-2-3-5-13(10)23-17)15(21)9-6-11(18)16(22)12(19)7-9/h4*2-8,22H,1H3/i3D,4D;2D,3D;3D;. The number of aromatic hydroxyl groups is 4. The Morgan fingerprint density at radius 1 is 0.348 bits per heavy atom. The first kappa shape index (κ1) is 62.8. The Bertz CT molecular complexity index is 5090. The number of hydrogen-bond acceptors (Lipinski definition) is 12. The van der Waals surface area contributed by atoms with Crippen LogP contribution in [0.2, 0.25) is 0 Å². The number of ketones is 4. The molecule has 0 saturated carbocycles. The molecule has 24 heteroatoms. The highest BCUT2D eigenvalue weighted by Gasteiger charge is 2.31. The first-order valence-corrected chi connectivity index (χ1v) is 33.0.